The molecular formula is C21H14N2O2S. The number of benzene rings is 3. The normalized spacial score (nSPS) is 10.8. The summed E-state index contributed by atoms with van der Waals surface area (Å²) < 4.78 is 0. The standard InChI is InChI=1S/C21H14N2O2S/c24-23(25)17-10-12-18(13-11-17)26-21-19-9-5-4-8-16(19)14-22-20(21)15-6-2-1-3-7-15/h1-14H. The molecule has 0 bridgehead atoms. The number of aromatic nitrogens is 1. The molecule has 0 fully saturated rings. The number of fused-ring (bicyclic) bond motifs is 1. The fraction of sp³-hybridized carbons (Fsp3) is 0. The summed E-state index contributed by atoms with van der Waals surface area (Å²) >= 11 is 1.57. The molecule has 4 rings (SSSR count). The van der Waals surface area contributed by atoms with E-state index in [4.69, 9.17) is 0 Å². The van der Waals surface area contributed by atoms with Gasteiger partial charge in [-0.1, -0.05) is 66.4 Å². The van der Waals surface area contributed by atoms with Gasteiger partial charge in [0, 0.05) is 39.1 Å². The van der Waals surface area contributed by atoms with E-state index in [1.165, 1.54) is 12.1 Å². The van der Waals surface area contributed by atoms with Crippen LogP contribution in [-0.2, 0) is 0 Å². The maximum absolute atomic E-state index is 10.9. The number of hydrogen-bond acceptors (Lipinski definition) is 4. The van der Waals surface area contributed by atoms with Gasteiger partial charge in [-0.25, -0.2) is 0 Å². The molecule has 0 saturated carbocycles. The molecule has 3 aromatic carbocycles. The third-order valence-corrected chi connectivity index (χ3v) is 5.19. The second kappa shape index (κ2) is 6.98. The molecule has 0 radical (unpaired) electrons. The molecule has 5 heteroatoms. The quantitative estimate of drug-likeness (QED) is 0.333. The van der Waals surface area contributed by atoms with Gasteiger partial charge in [-0.2, -0.15) is 0 Å². The number of non-ortho nitro benzene ring substituents is 1. The van der Waals surface area contributed by atoms with E-state index in [0.29, 0.717) is 0 Å². The van der Waals surface area contributed by atoms with E-state index < -0.39 is 0 Å². The highest BCUT2D eigenvalue weighted by Gasteiger charge is 2.13. The second-order valence-electron chi connectivity index (χ2n) is 5.74. The average molecular weight is 358 g/mol. The minimum Gasteiger partial charge on any atom is -0.258 e. The number of nitro benzene ring substituents is 1. The smallest absolute Gasteiger partial charge is 0.258 e. The number of nitrogens with zero attached hydrogens (tertiary/aromatic N) is 2. The summed E-state index contributed by atoms with van der Waals surface area (Å²) in [4.78, 5) is 17.2. The third kappa shape index (κ3) is 3.17. The Kier molecular flexibility index (Phi) is 4.37. The van der Waals surface area contributed by atoms with Crippen molar-refractivity contribution in [2.24, 2.45) is 0 Å². The molecular weight excluding hydrogens is 344 g/mol. The van der Waals surface area contributed by atoms with Gasteiger partial charge >= 0.3 is 0 Å². The summed E-state index contributed by atoms with van der Waals surface area (Å²) in [7, 11) is 0. The van der Waals surface area contributed by atoms with E-state index in [0.717, 1.165) is 31.8 Å². The van der Waals surface area contributed by atoms with Crippen molar-refractivity contribution in [2.45, 2.75) is 9.79 Å². The first-order valence-electron chi connectivity index (χ1n) is 8.08. The lowest BCUT2D eigenvalue weighted by molar-refractivity contribution is -0.384. The Hall–Kier alpha value is -3.18. The molecule has 0 atom stereocenters. The van der Waals surface area contributed by atoms with Crippen molar-refractivity contribution in [3.63, 3.8) is 0 Å². The molecule has 0 aliphatic rings. The van der Waals surface area contributed by atoms with Gasteiger partial charge in [-0.05, 0) is 17.5 Å². The van der Waals surface area contributed by atoms with E-state index in [1.807, 2.05) is 54.7 Å². The molecule has 126 valence electrons. The van der Waals surface area contributed by atoms with Crippen LogP contribution in [0.3, 0.4) is 0 Å². The van der Waals surface area contributed by atoms with Gasteiger partial charge in [0.15, 0.2) is 0 Å². The topological polar surface area (TPSA) is 56.0 Å². The van der Waals surface area contributed by atoms with Crippen LogP contribution >= 0.6 is 11.8 Å². The van der Waals surface area contributed by atoms with Crippen LogP contribution in [0.2, 0.25) is 0 Å². The van der Waals surface area contributed by atoms with Gasteiger partial charge in [0.2, 0.25) is 0 Å². The maximum Gasteiger partial charge on any atom is 0.269 e. The van der Waals surface area contributed by atoms with Crippen LogP contribution in [0.1, 0.15) is 0 Å². The van der Waals surface area contributed by atoms with E-state index in [1.54, 1.807) is 23.9 Å². The van der Waals surface area contributed by atoms with Crippen molar-refractivity contribution >= 4 is 28.2 Å². The molecule has 0 aliphatic carbocycles. The van der Waals surface area contributed by atoms with Gasteiger partial charge in [0.25, 0.3) is 5.69 Å². The lowest BCUT2D eigenvalue weighted by Gasteiger charge is -2.12. The highest BCUT2D eigenvalue weighted by atomic mass is 32.2. The van der Waals surface area contributed by atoms with Crippen molar-refractivity contribution < 1.29 is 4.92 Å². The summed E-state index contributed by atoms with van der Waals surface area (Å²) in [5, 5.41) is 13.1. The van der Waals surface area contributed by atoms with Crippen molar-refractivity contribution in [1.82, 2.24) is 4.98 Å². The fourth-order valence-corrected chi connectivity index (χ4v) is 3.87. The molecule has 0 saturated heterocycles. The molecule has 0 amide bonds. The molecule has 0 spiro atoms. The average Bonchev–Trinajstić information content (AvgIpc) is 2.69. The van der Waals surface area contributed by atoms with Gasteiger partial charge in [-0.15, -0.1) is 0 Å². The van der Waals surface area contributed by atoms with E-state index >= 15 is 0 Å². The van der Waals surface area contributed by atoms with Crippen LogP contribution in [0.5, 0.6) is 0 Å². The minimum absolute atomic E-state index is 0.0914. The second-order valence-corrected chi connectivity index (χ2v) is 6.83. The van der Waals surface area contributed by atoms with Crippen molar-refractivity contribution in [3.8, 4) is 11.3 Å². The molecule has 26 heavy (non-hydrogen) atoms. The molecule has 1 aromatic heterocycles. The first-order valence-corrected chi connectivity index (χ1v) is 8.89. The van der Waals surface area contributed by atoms with Crippen LogP contribution in [0.25, 0.3) is 22.0 Å². The number of pyridine rings is 1. The summed E-state index contributed by atoms with van der Waals surface area (Å²) in [6.45, 7) is 0. The van der Waals surface area contributed by atoms with Crippen LogP contribution in [0.15, 0.2) is 94.9 Å². The third-order valence-electron chi connectivity index (χ3n) is 4.07. The summed E-state index contributed by atoms with van der Waals surface area (Å²) in [6, 6.07) is 24.8. The van der Waals surface area contributed by atoms with Crippen LogP contribution in [0, 0.1) is 10.1 Å². The highest BCUT2D eigenvalue weighted by molar-refractivity contribution is 7.99. The predicted octanol–water partition coefficient (Wildman–Crippen LogP) is 5.96. The van der Waals surface area contributed by atoms with Gasteiger partial charge in [-0.3, -0.25) is 15.1 Å². The Morgan fingerprint density at radius 1 is 0.846 bits per heavy atom. The molecule has 1 heterocycles. The zero-order valence-electron chi connectivity index (χ0n) is 13.7. The number of hydrogen-bond donors (Lipinski definition) is 0. The molecule has 4 aromatic rings. The van der Waals surface area contributed by atoms with Crippen LogP contribution in [0.4, 0.5) is 5.69 Å². The predicted molar refractivity (Wildman–Crippen MR) is 104 cm³/mol. The zero-order valence-corrected chi connectivity index (χ0v) is 14.5. The molecule has 0 N–H and O–H groups in total. The Morgan fingerprint density at radius 3 is 2.27 bits per heavy atom. The Labute approximate surface area is 154 Å². The summed E-state index contributed by atoms with van der Waals surface area (Å²) in [5.41, 5.74) is 2.05. The first-order chi connectivity index (χ1) is 12.7. The zero-order chi connectivity index (χ0) is 17.9. The van der Waals surface area contributed by atoms with Crippen molar-refractivity contribution in [2.75, 3.05) is 0 Å². The lowest BCUT2D eigenvalue weighted by Crippen LogP contribution is -1.90. The van der Waals surface area contributed by atoms with E-state index in [9.17, 15) is 10.1 Å². The van der Waals surface area contributed by atoms with Crippen molar-refractivity contribution in [1.29, 1.82) is 0 Å². The Balaban J connectivity index is 1.85. The van der Waals surface area contributed by atoms with Gasteiger partial charge < -0.3 is 0 Å². The Morgan fingerprint density at radius 2 is 1.54 bits per heavy atom. The summed E-state index contributed by atoms with van der Waals surface area (Å²) in [6.07, 6.45) is 1.89. The van der Waals surface area contributed by atoms with E-state index in [-0.39, 0.29) is 10.6 Å². The summed E-state index contributed by atoms with van der Waals surface area (Å²) in [5.74, 6) is 0. The number of nitro groups is 1. The monoisotopic (exact) mass is 358 g/mol. The fourth-order valence-electron chi connectivity index (χ4n) is 2.80. The number of rotatable bonds is 4. The van der Waals surface area contributed by atoms with Crippen LogP contribution in [-0.4, -0.2) is 9.91 Å². The molecule has 4 nitrogen and oxygen atoms in total. The van der Waals surface area contributed by atoms with Gasteiger partial charge in [0.05, 0.1) is 10.6 Å². The highest BCUT2D eigenvalue weighted by Crippen LogP contribution is 2.39. The largest absolute Gasteiger partial charge is 0.269 e. The lowest BCUT2D eigenvalue weighted by atomic mass is 10.1. The molecule has 0 aliphatic heterocycles. The molecule has 0 unspecified atom stereocenters. The van der Waals surface area contributed by atoms with Crippen LogP contribution < -0.4 is 0 Å². The van der Waals surface area contributed by atoms with E-state index in [2.05, 4.69) is 11.1 Å². The SMILES string of the molecule is O=[N+]([O-])c1ccc(Sc2c(-c3ccccc3)ncc3ccccc23)cc1. The van der Waals surface area contributed by atoms with Gasteiger partial charge in [0.1, 0.15) is 0 Å². The first kappa shape index (κ1) is 16.3. The van der Waals surface area contributed by atoms with Crippen molar-refractivity contribution in [3.05, 3.63) is 95.2 Å². The minimum atomic E-state index is -0.386. The Bertz CT molecular complexity index is 1080. The maximum atomic E-state index is 10.9.